The predicted octanol–water partition coefficient (Wildman–Crippen LogP) is 7.10. The summed E-state index contributed by atoms with van der Waals surface area (Å²) in [6, 6.07) is -0.883. The number of nitrogens with one attached hydrogen (secondary N) is 1. The number of unbranched alkanes of at least 4 members (excludes halogenated alkanes) is 29. The van der Waals surface area contributed by atoms with Crippen LogP contribution in [0.5, 0.6) is 0 Å². The number of aliphatic hydroxyl groups excluding tert-OH is 11. The summed E-state index contributed by atoms with van der Waals surface area (Å²) in [6.45, 7) is 1.77. The van der Waals surface area contributed by atoms with Gasteiger partial charge in [0.05, 0.1) is 38.6 Å². The van der Waals surface area contributed by atoms with E-state index in [2.05, 4.69) is 43.5 Å². The average Bonchev–Trinajstić information content (AvgIpc) is 3.64. The molecule has 3 aliphatic rings. The second-order valence-corrected chi connectivity index (χ2v) is 23.6. The van der Waals surface area contributed by atoms with Crippen LogP contribution in [-0.2, 0) is 33.2 Å². The van der Waals surface area contributed by atoms with Gasteiger partial charge < -0.3 is 89.9 Å². The Morgan fingerprint density at radius 1 is 0.439 bits per heavy atom. The van der Waals surface area contributed by atoms with Crippen molar-refractivity contribution in [1.29, 1.82) is 0 Å². The normalized spacial score (nSPS) is 29.7. The first-order chi connectivity index (χ1) is 39.8. The quantitative estimate of drug-likeness (QED) is 0.0213. The van der Waals surface area contributed by atoms with E-state index in [-0.39, 0.29) is 18.9 Å². The molecule has 0 saturated carbocycles. The lowest BCUT2D eigenvalue weighted by Crippen LogP contribution is -2.66. The van der Waals surface area contributed by atoms with Crippen molar-refractivity contribution in [1.82, 2.24) is 5.32 Å². The van der Waals surface area contributed by atoms with Crippen molar-refractivity contribution >= 4 is 5.91 Å². The average molecular weight is 1180 g/mol. The van der Waals surface area contributed by atoms with Crippen LogP contribution in [0.1, 0.15) is 239 Å². The van der Waals surface area contributed by atoms with Gasteiger partial charge >= 0.3 is 0 Å². The number of carbonyl (C=O) groups excluding carboxylic acids is 1. The van der Waals surface area contributed by atoms with Crippen LogP contribution in [0, 0.1) is 0 Å². The van der Waals surface area contributed by atoms with Crippen LogP contribution >= 0.6 is 0 Å². The molecule has 3 aliphatic heterocycles. The number of hydrogen-bond acceptors (Lipinski definition) is 18. The van der Waals surface area contributed by atoms with Crippen molar-refractivity contribution in [3.05, 3.63) is 24.3 Å². The summed E-state index contributed by atoms with van der Waals surface area (Å²) >= 11 is 0. The van der Waals surface area contributed by atoms with Gasteiger partial charge in [-0.1, -0.05) is 212 Å². The summed E-state index contributed by atoms with van der Waals surface area (Å²) < 4.78 is 34.3. The van der Waals surface area contributed by atoms with Gasteiger partial charge in [-0.3, -0.25) is 4.79 Å². The van der Waals surface area contributed by atoms with Crippen molar-refractivity contribution in [2.24, 2.45) is 0 Å². The van der Waals surface area contributed by atoms with Crippen LogP contribution in [-0.4, -0.2) is 193 Å². The minimum atomic E-state index is -1.97. The van der Waals surface area contributed by atoms with Crippen molar-refractivity contribution < 1.29 is 89.4 Å². The second-order valence-electron chi connectivity index (χ2n) is 23.6. The van der Waals surface area contributed by atoms with Gasteiger partial charge in [0.25, 0.3) is 0 Å². The number of amides is 1. The zero-order valence-electron chi connectivity index (χ0n) is 50.5. The summed E-state index contributed by atoms with van der Waals surface area (Å²) in [5.41, 5.74) is 0. The van der Waals surface area contributed by atoms with E-state index in [1.54, 1.807) is 0 Å². The van der Waals surface area contributed by atoms with E-state index in [0.717, 1.165) is 51.4 Å². The molecule has 17 unspecified atom stereocenters. The largest absolute Gasteiger partial charge is 0.394 e. The highest BCUT2D eigenvalue weighted by Gasteiger charge is 2.53. The van der Waals surface area contributed by atoms with E-state index in [1.165, 1.54) is 154 Å². The second kappa shape index (κ2) is 46.4. The number of carbonyl (C=O) groups is 1. The van der Waals surface area contributed by atoms with Crippen LogP contribution < -0.4 is 5.32 Å². The third-order valence-electron chi connectivity index (χ3n) is 16.5. The molecule has 1 amide bonds. The van der Waals surface area contributed by atoms with Gasteiger partial charge in [0.1, 0.15) is 73.2 Å². The molecule has 0 aliphatic carbocycles. The predicted molar refractivity (Wildman–Crippen MR) is 314 cm³/mol. The molecule has 12 N–H and O–H groups in total. The lowest BCUT2D eigenvalue weighted by molar-refractivity contribution is -0.379. The van der Waals surface area contributed by atoms with Crippen molar-refractivity contribution in [3.63, 3.8) is 0 Å². The summed E-state index contributed by atoms with van der Waals surface area (Å²) in [5.74, 6) is -0.243. The molecule has 0 radical (unpaired) electrons. The van der Waals surface area contributed by atoms with Gasteiger partial charge in [0, 0.05) is 6.42 Å². The first-order valence-electron chi connectivity index (χ1n) is 32.6. The van der Waals surface area contributed by atoms with Gasteiger partial charge in [-0.05, 0) is 44.9 Å². The molecule has 0 aromatic rings. The lowest BCUT2D eigenvalue weighted by Gasteiger charge is -2.48. The Hall–Kier alpha value is -1.73. The number of ether oxygens (including phenoxy) is 6. The summed E-state index contributed by atoms with van der Waals surface area (Å²) in [6.07, 6.45) is 22.8. The van der Waals surface area contributed by atoms with Gasteiger partial charge in [-0.15, -0.1) is 0 Å². The Bertz CT molecular complexity index is 1590. The van der Waals surface area contributed by atoms with Gasteiger partial charge in [-0.2, -0.15) is 0 Å². The Morgan fingerprint density at radius 3 is 1.24 bits per heavy atom. The van der Waals surface area contributed by atoms with E-state index >= 15 is 0 Å². The fourth-order valence-electron chi connectivity index (χ4n) is 11.2. The number of aliphatic hydroxyl groups is 11. The van der Waals surface area contributed by atoms with E-state index in [4.69, 9.17) is 28.4 Å². The van der Waals surface area contributed by atoms with Crippen molar-refractivity contribution in [2.75, 3.05) is 26.4 Å². The Balaban J connectivity index is 1.39. The van der Waals surface area contributed by atoms with Crippen LogP contribution in [0.25, 0.3) is 0 Å². The molecule has 0 bridgehead atoms. The van der Waals surface area contributed by atoms with E-state index in [9.17, 15) is 61.0 Å². The third-order valence-corrected chi connectivity index (χ3v) is 16.5. The van der Waals surface area contributed by atoms with Crippen molar-refractivity contribution in [3.8, 4) is 0 Å². The van der Waals surface area contributed by atoms with Gasteiger partial charge in [-0.25, -0.2) is 0 Å². The topological polar surface area (TPSA) is 307 Å². The van der Waals surface area contributed by atoms with Crippen LogP contribution in [0.3, 0.4) is 0 Å². The highest BCUT2D eigenvalue weighted by atomic mass is 16.8. The van der Waals surface area contributed by atoms with Crippen LogP contribution in [0.2, 0.25) is 0 Å². The van der Waals surface area contributed by atoms with Gasteiger partial charge in [0.2, 0.25) is 5.91 Å². The van der Waals surface area contributed by atoms with Crippen LogP contribution in [0.4, 0.5) is 0 Å². The summed E-state index contributed by atoms with van der Waals surface area (Å²) in [4.78, 5) is 13.3. The molecule has 19 nitrogen and oxygen atoms in total. The highest BCUT2D eigenvalue weighted by molar-refractivity contribution is 5.76. The molecule has 3 rings (SSSR count). The molecule has 3 fully saturated rings. The molecule has 0 aromatic heterocycles. The fraction of sp³-hybridized carbons (Fsp3) is 0.921. The molecule has 482 valence electrons. The maximum Gasteiger partial charge on any atom is 0.220 e. The molecule has 0 aromatic carbocycles. The Labute approximate surface area is 492 Å². The molecule has 17 atom stereocenters. The zero-order chi connectivity index (χ0) is 59.7. The first-order valence-corrected chi connectivity index (χ1v) is 32.6. The van der Waals surface area contributed by atoms with E-state index < -0.39 is 124 Å². The first kappa shape index (κ1) is 74.5. The molecule has 82 heavy (non-hydrogen) atoms. The standard InChI is InChI=1S/C63H117NO18/c1-3-5-7-9-11-13-15-16-17-18-19-20-21-22-23-24-25-26-27-28-29-30-31-33-35-37-39-41-51(69)64-46(47(68)40-38-36-34-32-14-12-10-8-6-4-2)45-77-61-57(75)54(72)59(49(43-66)79-61)82-63-58(76)55(73)60(50(44-67)80-63)81-62-56(74)53(71)52(70)48(42-65)78-62/h15-16,18-19,46-50,52-63,65-68,70-76H,3-14,17,20-45H2,1-2H3,(H,64,69)/b16-15-,19-18-. The number of rotatable bonds is 49. The number of allylic oxidation sites excluding steroid dienone is 4. The molecular weight excluding hydrogens is 1060 g/mol. The third kappa shape index (κ3) is 29.3. The molecular formula is C63H117NO18. The minimum absolute atomic E-state index is 0.243. The smallest absolute Gasteiger partial charge is 0.220 e. The molecule has 19 heteroatoms. The zero-order valence-corrected chi connectivity index (χ0v) is 50.5. The molecule has 3 heterocycles. The maximum atomic E-state index is 13.3. The molecule has 0 spiro atoms. The minimum Gasteiger partial charge on any atom is -0.394 e. The maximum absolute atomic E-state index is 13.3. The molecule has 3 saturated heterocycles. The summed E-state index contributed by atoms with van der Waals surface area (Å²) in [7, 11) is 0. The van der Waals surface area contributed by atoms with E-state index in [1.807, 2.05) is 0 Å². The Kier molecular flexibility index (Phi) is 42.2. The highest BCUT2D eigenvalue weighted by Crippen LogP contribution is 2.33. The summed E-state index contributed by atoms with van der Waals surface area (Å²) in [5, 5.41) is 120. The SMILES string of the molecule is CCCCCCC/C=C\C/C=C\CCCCCCCCCCCCCCCCCC(=O)NC(COC1OC(CO)C(OC2OC(CO)C(OC3OC(CO)C(O)C(O)C3O)C(O)C2O)C(O)C1O)C(O)CCCCCCCCCCCC. The fourth-order valence-corrected chi connectivity index (χ4v) is 11.2. The van der Waals surface area contributed by atoms with Gasteiger partial charge in [0.15, 0.2) is 18.9 Å². The van der Waals surface area contributed by atoms with Crippen molar-refractivity contribution in [2.45, 2.75) is 343 Å². The lowest BCUT2D eigenvalue weighted by atomic mass is 9.96. The Morgan fingerprint density at radius 2 is 0.805 bits per heavy atom. The van der Waals surface area contributed by atoms with E-state index in [0.29, 0.717) is 12.8 Å². The van der Waals surface area contributed by atoms with Crippen LogP contribution in [0.15, 0.2) is 24.3 Å². The monoisotopic (exact) mass is 1180 g/mol. The number of hydrogen-bond donors (Lipinski definition) is 12.